The molecule has 3 atom stereocenters. The van der Waals surface area contributed by atoms with Crippen LogP contribution in [0.4, 0.5) is 0 Å². The highest BCUT2D eigenvalue weighted by Crippen LogP contribution is 2.43. The number of ether oxygens (including phenoxy) is 1. The fourth-order valence-electron chi connectivity index (χ4n) is 4.46. The van der Waals surface area contributed by atoms with Crippen molar-refractivity contribution in [2.24, 2.45) is 0 Å². The van der Waals surface area contributed by atoms with E-state index in [9.17, 15) is 34.1 Å². The van der Waals surface area contributed by atoms with Crippen LogP contribution in [0.15, 0.2) is 24.3 Å². The number of phosphoric ester groups is 1. The number of aliphatic hydroxyl groups excluding tert-OH is 1. The first-order valence-electron chi connectivity index (χ1n) is 17.4. The number of aliphatic carboxylic acids is 1. The van der Waals surface area contributed by atoms with Gasteiger partial charge in [0, 0.05) is 12.8 Å². The third-order valence-corrected chi connectivity index (χ3v) is 8.19. The predicted octanol–water partition coefficient (Wildman–Crippen LogP) is 7.55. The van der Waals surface area contributed by atoms with Crippen LogP contribution in [0.25, 0.3) is 0 Å². The standard InChI is InChI=1S/C34H62NO10P/c1-3-5-7-9-10-11-12-13-14-15-16-17-18-19-20-22-24-26-33(38)43-27-30(36)28-44-46(41,42)45-29-31(34(39)40)35-32(37)25-23-21-8-6-4-2/h10-11,13-14,30-31,36H,3-9,12,15-29H2,1-2H3,(H,35,37)(H,39,40)(H,41,42)/b11-10-,14-13-. The molecule has 0 saturated heterocycles. The van der Waals surface area contributed by atoms with E-state index in [4.69, 9.17) is 13.8 Å². The van der Waals surface area contributed by atoms with Gasteiger partial charge in [-0.3, -0.25) is 18.6 Å². The SMILES string of the molecule is CCCCC/C=C\C/C=C\CCCCCCCCCC(=O)OCC(O)COP(=O)(O)OCC(NC(=O)CCCCCCC)C(=O)O. The number of esters is 1. The first-order chi connectivity index (χ1) is 22.1. The molecule has 3 unspecified atom stereocenters. The van der Waals surface area contributed by atoms with Gasteiger partial charge in [-0.2, -0.15) is 0 Å². The summed E-state index contributed by atoms with van der Waals surface area (Å²) in [7, 11) is -4.73. The van der Waals surface area contributed by atoms with Crippen molar-refractivity contribution < 1.29 is 47.8 Å². The van der Waals surface area contributed by atoms with E-state index in [0.29, 0.717) is 12.8 Å². The molecule has 0 saturated carbocycles. The van der Waals surface area contributed by atoms with Crippen LogP contribution in [0.3, 0.4) is 0 Å². The Bertz CT molecular complexity index is 895. The summed E-state index contributed by atoms with van der Waals surface area (Å²) in [4.78, 5) is 45.2. The average Bonchev–Trinajstić information content (AvgIpc) is 3.02. The Hall–Kier alpha value is -2.04. The van der Waals surface area contributed by atoms with Crippen LogP contribution in [0.1, 0.15) is 142 Å². The summed E-state index contributed by atoms with van der Waals surface area (Å²) in [6, 6.07) is -1.54. The maximum absolute atomic E-state index is 12.1. The van der Waals surface area contributed by atoms with E-state index in [-0.39, 0.29) is 12.8 Å². The lowest BCUT2D eigenvalue weighted by Gasteiger charge is -2.18. The van der Waals surface area contributed by atoms with E-state index in [1.165, 1.54) is 44.9 Å². The second kappa shape index (κ2) is 30.3. The van der Waals surface area contributed by atoms with Crippen molar-refractivity contribution in [3.8, 4) is 0 Å². The highest BCUT2D eigenvalue weighted by Gasteiger charge is 2.28. The van der Waals surface area contributed by atoms with Gasteiger partial charge < -0.3 is 25.2 Å². The van der Waals surface area contributed by atoms with Crippen LogP contribution in [-0.2, 0) is 32.7 Å². The molecule has 4 N–H and O–H groups in total. The largest absolute Gasteiger partial charge is 0.480 e. The van der Waals surface area contributed by atoms with E-state index < -0.39 is 57.6 Å². The Labute approximate surface area is 277 Å². The molecule has 0 aliphatic rings. The van der Waals surface area contributed by atoms with Crippen molar-refractivity contribution in [1.29, 1.82) is 0 Å². The van der Waals surface area contributed by atoms with E-state index in [1.54, 1.807) is 0 Å². The van der Waals surface area contributed by atoms with Gasteiger partial charge in [-0.25, -0.2) is 9.36 Å². The van der Waals surface area contributed by atoms with Crippen molar-refractivity contribution in [2.45, 2.75) is 154 Å². The molecular formula is C34H62NO10P. The smallest absolute Gasteiger partial charge is 0.472 e. The molecule has 11 nitrogen and oxygen atoms in total. The molecule has 0 fully saturated rings. The summed E-state index contributed by atoms with van der Waals surface area (Å²) in [6.07, 6.45) is 27.0. The first-order valence-corrected chi connectivity index (χ1v) is 18.9. The number of unbranched alkanes of at least 4 members (excludes halogenated alkanes) is 14. The van der Waals surface area contributed by atoms with Gasteiger partial charge in [-0.1, -0.05) is 109 Å². The molecule has 0 rings (SSSR count). The number of carbonyl (C=O) groups excluding carboxylic acids is 2. The van der Waals surface area contributed by atoms with Crippen molar-refractivity contribution in [3.63, 3.8) is 0 Å². The summed E-state index contributed by atoms with van der Waals surface area (Å²) in [5.41, 5.74) is 0. The monoisotopic (exact) mass is 675 g/mol. The molecule has 0 aromatic carbocycles. The van der Waals surface area contributed by atoms with E-state index in [0.717, 1.165) is 57.8 Å². The average molecular weight is 676 g/mol. The van der Waals surface area contributed by atoms with Crippen LogP contribution in [0.5, 0.6) is 0 Å². The zero-order valence-corrected chi connectivity index (χ0v) is 29.3. The maximum Gasteiger partial charge on any atom is 0.472 e. The van der Waals surface area contributed by atoms with Crippen LogP contribution in [0, 0.1) is 0 Å². The fourth-order valence-corrected chi connectivity index (χ4v) is 5.23. The second-order valence-corrected chi connectivity index (χ2v) is 13.2. The number of hydrogen-bond donors (Lipinski definition) is 4. The number of carboxylic acids is 1. The lowest BCUT2D eigenvalue weighted by atomic mass is 10.1. The maximum atomic E-state index is 12.1. The number of amides is 1. The summed E-state index contributed by atoms with van der Waals surface area (Å²) in [6.45, 7) is 2.40. The molecule has 0 aliphatic heterocycles. The van der Waals surface area contributed by atoms with Crippen molar-refractivity contribution in [1.82, 2.24) is 5.32 Å². The van der Waals surface area contributed by atoms with Gasteiger partial charge in [0.05, 0.1) is 13.2 Å². The minimum Gasteiger partial charge on any atom is -0.480 e. The molecule has 0 aromatic heterocycles. The fraction of sp³-hybridized carbons (Fsp3) is 0.794. The van der Waals surface area contributed by atoms with Gasteiger partial charge in [0.15, 0.2) is 6.04 Å². The number of rotatable bonds is 32. The number of carboxylic acid groups (broad SMARTS) is 1. The molecule has 0 radical (unpaired) electrons. The zero-order chi connectivity index (χ0) is 34.3. The lowest BCUT2D eigenvalue weighted by molar-refractivity contribution is -0.147. The van der Waals surface area contributed by atoms with Crippen LogP contribution >= 0.6 is 7.82 Å². The highest BCUT2D eigenvalue weighted by molar-refractivity contribution is 7.47. The zero-order valence-electron chi connectivity index (χ0n) is 28.4. The van der Waals surface area contributed by atoms with E-state index >= 15 is 0 Å². The molecule has 268 valence electrons. The molecule has 0 aliphatic carbocycles. The predicted molar refractivity (Wildman–Crippen MR) is 180 cm³/mol. The van der Waals surface area contributed by atoms with E-state index in [1.807, 2.05) is 0 Å². The summed E-state index contributed by atoms with van der Waals surface area (Å²) < 4.78 is 26.5. The lowest BCUT2D eigenvalue weighted by Crippen LogP contribution is -2.43. The number of carbonyl (C=O) groups is 3. The van der Waals surface area contributed by atoms with Crippen LogP contribution in [-0.4, -0.2) is 64.9 Å². The topological polar surface area (TPSA) is 169 Å². The van der Waals surface area contributed by atoms with Crippen molar-refractivity contribution in [3.05, 3.63) is 24.3 Å². The van der Waals surface area contributed by atoms with Gasteiger partial charge in [-0.15, -0.1) is 0 Å². The number of phosphoric acid groups is 1. The minimum atomic E-state index is -4.73. The van der Waals surface area contributed by atoms with Gasteiger partial charge in [-0.05, 0) is 44.9 Å². The summed E-state index contributed by atoms with van der Waals surface area (Å²) in [5.74, 6) is -2.40. The summed E-state index contributed by atoms with van der Waals surface area (Å²) in [5, 5.41) is 21.5. The number of aliphatic hydroxyl groups is 1. The van der Waals surface area contributed by atoms with Crippen molar-refractivity contribution in [2.75, 3.05) is 19.8 Å². The third kappa shape index (κ3) is 29.4. The molecule has 46 heavy (non-hydrogen) atoms. The third-order valence-electron chi connectivity index (χ3n) is 7.24. The molecule has 12 heteroatoms. The highest BCUT2D eigenvalue weighted by atomic mass is 31.2. The first kappa shape index (κ1) is 44.0. The molecule has 0 spiro atoms. The van der Waals surface area contributed by atoms with Gasteiger partial charge in [0.2, 0.25) is 5.91 Å². The van der Waals surface area contributed by atoms with Crippen LogP contribution < -0.4 is 5.32 Å². The van der Waals surface area contributed by atoms with E-state index in [2.05, 4.69) is 43.5 Å². The number of nitrogens with one attached hydrogen (secondary N) is 1. The Kier molecular flexibility index (Phi) is 29.0. The van der Waals surface area contributed by atoms with Gasteiger partial charge in [0.1, 0.15) is 12.7 Å². The molecule has 0 aromatic rings. The van der Waals surface area contributed by atoms with Crippen molar-refractivity contribution >= 4 is 25.7 Å². The normalized spacial score (nSPS) is 14.3. The summed E-state index contributed by atoms with van der Waals surface area (Å²) >= 11 is 0. The molecular weight excluding hydrogens is 613 g/mol. The molecule has 0 bridgehead atoms. The Morgan fingerprint density at radius 1 is 0.696 bits per heavy atom. The number of hydrogen-bond acceptors (Lipinski definition) is 8. The minimum absolute atomic E-state index is 0.141. The van der Waals surface area contributed by atoms with Gasteiger partial charge in [0.25, 0.3) is 0 Å². The molecule has 1 amide bonds. The molecule has 0 heterocycles. The number of allylic oxidation sites excluding steroid dienone is 4. The van der Waals surface area contributed by atoms with Crippen LogP contribution in [0.2, 0.25) is 0 Å². The Morgan fingerprint density at radius 2 is 1.20 bits per heavy atom. The Morgan fingerprint density at radius 3 is 1.80 bits per heavy atom. The quantitative estimate of drug-likeness (QED) is 0.0242. The Balaban J connectivity index is 3.90. The second-order valence-electron chi connectivity index (χ2n) is 11.7. The van der Waals surface area contributed by atoms with Gasteiger partial charge >= 0.3 is 19.8 Å².